The number of rotatable bonds is 5. The summed E-state index contributed by atoms with van der Waals surface area (Å²) in [5.41, 5.74) is 5.62. The van der Waals surface area contributed by atoms with Crippen LogP contribution in [0.5, 0.6) is 5.75 Å². The van der Waals surface area contributed by atoms with Crippen LogP contribution < -0.4 is 15.8 Å². The minimum absolute atomic E-state index is 0.159. The standard InChI is InChI=1S/C13H20N2O3/c1-4-18-11-9(6-5-7-10(11)14)12(16)15-8-13(2,3)17/h5-7,17H,4,8,14H2,1-3H3,(H,15,16). The van der Waals surface area contributed by atoms with Gasteiger partial charge in [0.15, 0.2) is 5.75 Å². The summed E-state index contributed by atoms with van der Waals surface area (Å²) in [6.45, 7) is 5.66. The lowest BCUT2D eigenvalue weighted by molar-refractivity contribution is 0.0692. The molecule has 0 fully saturated rings. The number of para-hydroxylation sites is 1. The Bertz CT molecular complexity index is 425. The Balaban J connectivity index is 2.88. The van der Waals surface area contributed by atoms with E-state index in [1.165, 1.54) is 0 Å². The van der Waals surface area contributed by atoms with Gasteiger partial charge in [-0.3, -0.25) is 4.79 Å². The zero-order valence-electron chi connectivity index (χ0n) is 11.0. The second-order valence-corrected chi connectivity index (χ2v) is 4.65. The molecule has 1 amide bonds. The first-order valence-electron chi connectivity index (χ1n) is 5.87. The first kappa shape index (κ1) is 14.3. The fourth-order valence-electron chi connectivity index (χ4n) is 1.43. The lowest BCUT2D eigenvalue weighted by Gasteiger charge is -2.18. The van der Waals surface area contributed by atoms with Gasteiger partial charge in [-0.1, -0.05) is 6.07 Å². The number of nitrogen functional groups attached to an aromatic ring is 1. The van der Waals surface area contributed by atoms with Crippen molar-refractivity contribution in [2.24, 2.45) is 0 Å². The Morgan fingerprint density at radius 3 is 2.72 bits per heavy atom. The molecule has 0 unspecified atom stereocenters. The lowest BCUT2D eigenvalue weighted by atomic mass is 10.1. The molecule has 1 aromatic rings. The minimum atomic E-state index is -0.957. The quantitative estimate of drug-likeness (QED) is 0.687. The topological polar surface area (TPSA) is 84.6 Å². The monoisotopic (exact) mass is 252 g/mol. The summed E-state index contributed by atoms with van der Waals surface area (Å²) in [5.74, 6) is 0.0705. The summed E-state index contributed by atoms with van der Waals surface area (Å²) in [6, 6.07) is 5.01. The van der Waals surface area contributed by atoms with Crippen molar-refractivity contribution in [1.29, 1.82) is 0 Å². The molecule has 0 aliphatic heterocycles. The van der Waals surface area contributed by atoms with Gasteiger partial charge in [0.1, 0.15) is 0 Å². The van der Waals surface area contributed by atoms with Crippen molar-refractivity contribution in [3.63, 3.8) is 0 Å². The summed E-state index contributed by atoms with van der Waals surface area (Å²) in [7, 11) is 0. The fraction of sp³-hybridized carbons (Fsp3) is 0.462. The lowest BCUT2D eigenvalue weighted by Crippen LogP contribution is -2.38. The highest BCUT2D eigenvalue weighted by atomic mass is 16.5. The van der Waals surface area contributed by atoms with Crippen LogP contribution in [0.3, 0.4) is 0 Å². The highest BCUT2D eigenvalue weighted by molar-refractivity contribution is 5.98. The highest BCUT2D eigenvalue weighted by Gasteiger charge is 2.18. The van der Waals surface area contributed by atoms with Crippen LogP contribution >= 0.6 is 0 Å². The molecule has 0 aliphatic carbocycles. The van der Waals surface area contributed by atoms with Gasteiger partial charge in [0.05, 0.1) is 23.5 Å². The molecule has 1 rings (SSSR count). The van der Waals surface area contributed by atoms with Crippen molar-refractivity contribution in [3.8, 4) is 5.75 Å². The molecule has 0 radical (unpaired) electrons. The van der Waals surface area contributed by atoms with Crippen molar-refractivity contribution in [2.45, 2.75) is 26.4 Å². The van der Waals surface area contributed by atoms with Gasteiger partial charge in [-0.2, -0.15) is 0 Å². The largest absolute Gasteiger partial charge is 0.491 e. The van der Waals surface area contributed by atoms with Crippen molar-refractivity contribution >= 4 is 11.6 Å². The molecule has 5 heteroatoms. The van der Waals surface area contributed by atoms with E-state index in [1.54, 1.807) is 32.0 Å². The van der Waals surface area contributed by atoms with Gasteiger partial charge in [0.2, 0.25) is 0 Å². The number of aliphatic hydroxyl groups is 1. The molecular formula is C13H20N2O3. The SMILES string of the molecule is CCOc1c(N)cccc1C(=O)NCC(C)(C)O. The number of nitrogens with two attached hydrogens (primary N) is 1. The molecule has 0 aliphatic rings. The number of hydrogen-bond donors (Lipinski definition) is 3. The van der Waals surface area contributed by atoms with E-state index in [2.05, 4.69) is 5.32 Å². The second-order valence-electron chi connectivity index (χ2n) is 4.65. The molecule has 0 bridgehead atoms. The molecule has 5 nitrogen and oxygen atoms in total. The van der Waals surface area contributed by atoms with Gasteiger partial charge < -0.3 is 20.9 Å². The Morgan fingerprint density at radius 2 is 2.17 bits per heavy atom. The molecular weight excluding hydrogens is 232 g/mol. The van der Waals surface area contributed by atoms with Crippen molar-refractivity contribution in [2.75, 3.05) is 18.9 Å². The van der Waals surface area contributed by atoms with Gasteiger partial charge in [-0.05, 0) is 32.9 Å². The summed E-state index contributed by atoms with van der Waals surface area (Å²) in [6.07, 6.45) is 0. The van der Waals surface area contributed by atoms with Crippen LogP contribution in [0, 0.1) is 0 Å². The van der Waals surface area contributed by atoms with Gasteiger partial charge in [-0.25, -0.2) is 0 Å². The first-order valence-corrected chi connectivity index (χ1v) is 5.87. The molecule has 4 N–H and O–H groups in total. The number of hydrogen-bond acceptors (Lipinski definition) is 4. The number of benzene rings is 1. The third-order valence-corrected chi connectivity index (χ3v) is 2.26. The maximum absolute atomic E-state index is 12.0. The highest BCUT2D eigenvalue weighted by Crippen LogP contribution is 2.26. The van der Waals surface area contributed by atoms with E-state index in [0.717, 1.165) is 0 Å². The summed E-state index contributed by atoms with van der Waals surface area (Å²) >= 11 is 0. The van der Waals surface area contributed by atoms with E-state index >= 15 is 0 Å². The Kier molecular flexibility index (Phi) is 4.55. The normalized spacial score (nSPS) is 11.1. The molecule has 100 valence electrons. The van der Waals surface area contributed by atoms with Crippen molar-refractivity contribution in [1.82, 2.24) is 5.32 Å². The molecule has 0 heterocycles. The molecule has 0 saturated heterocycles. The van der Waals surface area contributed by atoms with Crippen LogP contribution in [0.25, 0.3) is 0 Å². The third kappa shape index (κ3) is 3.92. The second kappa shape index (κ2) is 5.73. The third-order valence-electron chi connectivity index (χ3n) is 2.26. The predicted molar refractivity (Wildman–Crippen MR) is 70.7 cm³/mol. The van der Waals surface area contributed by atoms with Crippen LogP contribution in [0.1, 0.15) is 31.1 Å². The fourth-order valence-corrected chi connectivity index (χ4v) is 1.43. The first-order chi connectivity index (χ1) is 8.35. The molecule has 18 heavy (non-hydrogen) atoms. The summed E-state index contributed by atoms with van der Waals surface area (Å²) in [4.78, 5) is 12.0. The van der Waals surface area contributed by atoms with E-state index in [-0.39, 0.29) is 12.5 Å². The number of amides is 1. The number of nitrogens with one attached hydrogen (secondary N) is 1. The number of ether oxygens (including phenoxy) is 1. The van der Waals surface area contributed by atoms with Crippen molar-refractivity contribution in [3.05, 3.63) is 23.8 Å². The van der Waals surface area contributed by atoms with Crippen LogP contribution in [-0.4, -0.2) is 29.8 Å². The van der Waals surface area contributed by atoms with Crippen molar-refractivity contribution < 1.29 is 14.6 Å². The smallest absolute Gasteiger partial charge is 0.255 e. The Labute approximate surface area is 107 Å². The number of anilines is 1. The van der Waals surface area contributed by atoms with Gasteiger partial charge in [0.25, 0.3) is 5.91 Å². The Hall–Kier alpha value is -1.75. The predicted octanol–water partition coefficient (Wildman–Crippen LogP) is 1.17. The van der Waals surface area contributed by atoms with Crippen LogP contribution in [-0.2, 0) is 0 Å². The van der Waals surface area contributed by atoms with Crippen LogP contribution in [0.2, 0.25) is 0 Å². The summed E-state index contributed by atoms with van der Waals surface area (Å²) in [5, 5.41) is 12.2. The number of carbonyl (C=O) groups is 1. The van der Waals surface area contributed by atoms with Gasteiger partial charge in [-0.15, -0.1) is 0 Å². The molecule has 0 atom stereocenters. The average Bonchev–Trinajstić information content (AvgIpc) is 2.28. The zero-order chi connectivity index (χ0) is 13.8. The molecule has 0 spiro atoms. The van der Waals surface area contributed by atoms with E-state index in [0.29, 0.717) is 23.6 Å². The van der Waals surface area contributed by atoms with Gasteiger partial charge in [0, 0.05) is 6.54 Å². The van der Waals surface area contributed by atoms with Crippen LogP contribution in [0.4, 0.5) is 5.69 Å². The minimum Gasteiger partial charge on any atom is -0.491 e. The average molecular weight is 252 g/mol. The molecule has 0 aromatic heterocycles. The number of carbonyl (C=O) groups excluding carboxylic acids is 1. The maximum Gasteiger partial charge on any atom is 0.255 e. The summed E-state index contributed by atoms with van der Waals surface area (Å²) < 4.78 is 5.37. The molecule has 1 aromatic carbocycles. The van der Waals surface area contributed by atoms with Crippen LogP contribution in [0.15, 0.2) is 18.2 Å². The van der Waals surface area contributed by atoms with Gasteiger partial charge >= 0.3 is 0 Å². The maximum atomic E-state index is 12.0. The van der Waals surface area contributed by atoms with E-state index in [4.69, 9.17) is 10.5 Å². The Morgan fingerprint density at radius 1 is 1.50 bits per heavy atom. The molecule has 0 saturated carbocycles. The van der Waals surface area contributed by atoms with E-state index in [9.17, 15) is 9.90 Å². The zero-order valence-corrected chi connectivity index (χ0v) is 11.0. The van der Waals surface area contributed by atoms with E-state index in [1.807, 2.05) is 6.92 Å². The van der Waals surface area contributed by atoms with E-state index < -0.39 is 5.60 Å².